The second kappa shape index (κ2) is 9.24. The molecule has 4 heterocycles. The number of nitrogens with one attached hydrogen (secondary N) is 1. The number of anilines is 1. The van der Waals surface area contributed by atoms with Gasteiger partial charge in [-0.05, 0) is 32.6 Å². The molecule has 0 unspecified atom stereocenters. The van der Waals surface area contributed by atoms with Crippen LogP contribution in [0, 0.1) is 5.82 Å². The third-order valence-electron chi connectivity index (χ3n) is 6.07. The van der Waals surface area contributed by atoms with Crippen LogP contribution in [0.1, 0.15) is 38.6 Å². The summed E-state index contributed by atoms with van der Waals surface area (Å²) in [6.07, 6.45) is 9.78. The van der Waals surface area contributed by atoms with Crippen LogP contribution in [0.4, 0.5) is 10.2 Å². The summed E-state index contributed by atoms with van der Waals surface area (Å²) in [6, 6.07) is 2.33. The molecule has 1 aliphatic rings. The van der Waals surface area contributed by atoms with Gasteiger partial charge in [0.25, 0.3) is 5.88 Å². The molecular formula is C23H27FN8O2. The van der Waals surface area contributed by atoms with Crippen molar-refractivity contribution in [3.63, 3.8) is 0 Å². The summed E-state index contributed by atoms with van der Waals surface area (Å²) in [5.74, 6) is 0.157. The largest absolute Gasteiger partial charge is 0.472 e. The zero-order valence-electron chi connectivity index (χ0n) is 19.4. The molecule has 0 aromatic carbocycles. The molecule has 178 valence electrons. The molecule has 0 spiro atoms. The summed E-state index contributed by atoms with van der Waals surface area (Å²) >= 11 is 0. The Morgan fingerprint density at radius 2 is 1.97 bits per heavy atom. The van der Waals surface area contributed by atoms with Crippen LogP contribution in [0.5, 0.6) is 11.9 Å². The molecule has 4 aromatic rings. The van der Waals surface area contributed by atoms with Crippen LogP contribution in [0.3, 0.4) is 0 Å². The minimum absolute atomic E-state index is 0.0694. The van der Waals surface area contributed by atoms with Crippen LogP contribution in [0.25, 0.3) is 22.2 Å². The number of aromatic nitrogens is 7. The molecule has 1 saturated carbocycles. The van der Waals surface area contributed by atoms with Crippen molar-refractivity contribution in [1.82, 2.24) is 34.5 Å². The fourth-order valence-electron chi connectivity index (χ4n) is 4.43. The Morgan fingerprint density at radius 3 is 2.68 bits per heavy atom. The first-order chi connectivity index (χ1) is 16.6. The third-order valence-corrected chi connectivity index (χ3v) is 6.07. The van der Waals surface area contributed by atoms with Gasteiger partial charge < -0.3 is 14.8 Å². The maximum absolute atomic E-state index is 14.1. The molecule has 0 radical (unpaired) electrons. The van der Waals surface area contributed by atoms with E-state index in [2.05, 4.69) is 36.1 Å². The lowest BCUT2D eigenvalue weighted by molar-refractivity contribution is 0.119. The Morgan fingerprint density at radius 1 is 1.15 bits per heavy atom. The van der Waals surface area contributed by atoms with E-state index in [1.807, 2.05) is 32.6 Å². The average Bonchev–Trinajstić information content (AvgIpc) is 3.44. The Labute approximate surface area is 196 Å². The average molecular weight is 467 g/mol. The number of halogens is 1. The molecule has 4 aromatic heterocycles. The van der Waals surface area contributed by atoms with Crippen molar-refractivity contribution >= 4 is 16.7 Å². The molecule has 34 heavy (non-hydrogen) atoms. The van der Waals surface area contributed by atoms with Crippen molar-refractivity contribution in [2.24, 2.45) is 7.05 Å². The zero-order chi connectivity index (χ0) is 23.7. The van der Waals surface area contributed by atoms with E-state index in [4.69, 9.17) is 14.6 Å². The normalized spacial score (nSPS) is 18.2. The van der Waals surface area contributed by atoms with Gasteiger partial charge in [-0.25, -0.2) is 9.97 Å². The van der Waals surface area contributed by atoms with Gasteiger partial charge in [-0.2, -0.15) is 19.6 Å². The lowest BCUT2D eigenvalue weighted by Gasteiger charge is -2.29. The number of nitrogens with zero attached hydrogens (tertiary/aromatic N) is 7. The molecule has 11 heteroatoms. The number of hydrogen-bond acceptors (Lipinski definition) is 8. The maximum atomic E-state index is 14.1. The number of methoxy groups -OCH3 is 1. The number of hydrogen-bond donors (Lipinski definition) is 1. The first-order valence-corrected chi connectivity index (χ1v) is 11.4. The number of aryl methyl sites for hydroxylation is 1. The number of rotatable bonds is 7. The van der Waals surface area contributed by atoms with Crippen LogP contribution in [0.15, 0.2) is 30.9 Å². The van der Waals surface area contributed by atoms with Crippen molar-refractivity contribution in [3.8, 4) is 23.1 Å². The Hall–Kier alpha value is -3.76. The Balaban J connectivity index is 1.39. The van der Waals surface area contributed by atoms with E-state index in [-0.39, 0.29) is 24.0 Å². The molecule has 1 aliphatic carbocycles. The lowest BCUT2D eigenvalue weighted by Crippen LogP contribution is -2.27. The monoisotopic (exact) mass is 466 g/mol. The molecule has 0 saturated heterocycles. The summed E-state index contributed by atoms with van der Waals surface area (Å²) in [4.78, 5) is 12.3. The quantitative estimate of drug-likeness (QED) is 0.439. The SMILES string of the molecule is CCNc1cc2c(cn1)c(-c1cnn(C)c1)nn2C1CCC(Oc2nc(OC)ncc2F)CC1. The fourth-order valence-corrected chi connectivity index (χ4v) is 4.43. The first kappa shape index (κ1) is 22.1. The van der Waals surface area contributed by atoms with Gasteiger partial charge in [0, 0.05) is 43.0 Å². The van der Waals surface area contributed by atoms with Crippen molar-refractivity contribution in [2.75, 3.05) is 19.0 Å². The van der Waals surface area contributed by atoms with E-state index in [1.54, 1.807) is 4.68 Å². The van der Waals surface area contributed by atoms with Gasteiger partial charge >= 0.3 is 6.01 Å². The molecular weight excluding hydrogens is 439 g/mol. The molecule has 1 fully saturated rings. The minimum Gasteiger partial charge on any atom is -0.472 e. The van der Waals surface area contributed by atoms with E-state index in [1.165, 1.54) is 7.11 Å². The summed E-state index contributed by atoms with van der Waals surface area (Å²) < 4.78 is 28.8. The maximum Gasteiger partial charge on any atom is 0.319 e. The van der Waals surface area contributed by atoms with Crippen molar-refractivity contribution in [3.05, 3.63) is 36.7 Å². The van der Waals surface area contributed by atoms with Gasteiger partial charge in [0.2, 0.25) is 5.82 Å². The lowest BCUT2D eigenvalue weighted by atomic mass is 9.93. The number of fused-ring (bicyclic) bond motifs is 1. The highest BCUT2D eigenvalue weighted by molar-refractivity contribution is 5.93. The van der Waals surface area contributed by atoms with Gasteiger partial charge in [0.1, 0.15) is 17.6 Å². The molecule has 0 bridgehead atoms. The predicted molar refractivity (Wildman–Crippen MR) is 124 cm³/mol. The highest BCUT2D eigenvalue weighted by Gasteiger charge is 2.28. The van der Waals surface area contributed by atoms with Gasteiger partial charge in [-0.1, -0.05) is 0 Å². The molecule has 0 atom stereocenters. The molecule has 10 nitrogen and oxygen atoms in total. The zero-order valence-corrected chi connectivity index (χ0v) is 19.4. The summed E-state index contributed by atoms with van der Waals surface area (Å²) in [7, 11) is 3.33. The van der Waals surface area contributed by atoms with Crippen LogP contribution >= 0.6 is 0 Å². The highest BCUT2D eigenvalue weighted by Crippen LogP contribution is 2.36. The fraction of sp³-hybridized carbons (Fsp3) is 0.435. The van der Waals surface area contributed by atoms with E-state index in [0.29, 0.717) is 0 Å². The third kappa shape index (κ3) is 4.25. The summed E-state index contributed by atoms with van der Waals surface area (Å²) in [5.41, 5.74) is 2.85. The van der Waals surface area contributed by atoms with E-state index >= 15 is 0 Å². The molecule has 5 rings (SSSR count). The summed E-state index contributed by atoms with van der Waals surface area (Å²) in [5, 5.41) is 13.6. The highest BCUT2D eigenvalue weighted by atomic mass is 19.1. The first-order valence-electron chi connectivity index (χ1n) is 11.4. The van der Waals surface area contributed by atoms with Gasteiger partial charge in [-0.15, -0.1) is 0 Å². The van der Waals surface area contributed by atoms with Crippen LogP contribution in [-0.2, 0) is 7.05 Å². The summed E-state index contributed by atoms with van der Waals surface area (Å²) in [6.45, 7) is 2.83. The predicted octanol–water partition coefficient (Wildman–Crippen LogP) is 3.76. The smallest absolute Gasteiger partial charge is 0.319 e. The van der Waals surface area contributed by atoms with Crippen LogP contribution < -0.4 is 14.8 Å². The number of ether oxygens (including phenoxy) is 2. The van der Waals surface area contributed by atoms with Crippen LogP contribution in [-0.4, -0.2) is 54.3 Å². The molecule has 1 N–H and O–H groups in total. The minimum atomic E-state index is -0.592. The number of pyridine rings is 1. The van der Waals surface area contributed by atoms with Crippen molar-refractivity contribution in [1.29, 1.82) is 0 Å². The van der Waals surface area contributed by atoms with E-state index < -0.39 is 5.82 Å². The second-order valence-corrected chi connectivity index (χ2v) is 8.37. The van der Waals surface area contributed by atoms with Crippen molar-refractivity contribution < 1.29 is 13.9 Å². The van der Waals surface area contributed by atoms with Gasteiger partial charge in [0.05, 0.1) is 31.1 Å². The Kier molecular flexibility index (Phi) is 5.99. The van der Waals surface area contributed by atoms with Gasteiger partial charge in [0.15, 0.2) is 0 Å². The van der Waals surface area contributed by atoms with Crippen LogP contribution in [0.2, 0.25) is 0 Å². The van der Waals surface area contributed by atoms with E-state index in [9.17, 15) is 4.39 Å². The topological polar surface area (TPSA) is 105 Å². The Bertz CT molecular complexity index is 1300. The molecule has 0 amide bonds. The standard InChI is InChI=1S/C23H27FN8O2/c1-4-25-20-9-19-17(11-26-20)21(14-10-28-31(2)13-14)30-32(19)15-5-7-16(8-6-15)34-22-18(24)12-27-23(29-22)33-3/h9-13,15-16H,4-8H2,1-3H3,(H,25,26). The molecule has 0 aliphatic heterocycles. The van der Waals surface area contributed by atoms with E-state index in [0.717, 1.165) is 66.4 Å². The second-order valence-electron chi connectivity index (χ2n) is 8.37. The van der Waals surface area contributed by atoms with Gasteiger partial charge in [-0.3, -0.25) is 9.36 Å². The van der Waals surface area contributed by atoms with Crippen molar-refractivity contribution in [2.45, 2.75) is 44.8 Å².